The van der Waals surface area contributed by atoms with Crippen LogP contribution >= 0.6 is 0 Å². The maximum absolute atomic E-state index is 3.56. The Morgan fingerprint density at radius 1 is 1.21 bits per heavy atom. The molecule has 0 saturated carbocycles. The van der Waals surface area contributed by atoms with Crippen molar-refractivity contribution < 1.29 is 0 Å². The molecule has 1 aromatic carbocycles. The maximum Gasteiger partial charge on any atom is 0.0478 e. The van der Waals surface area contributed by atoms with Crippen molar-refractivity contribution in [1.29, 1.82) is 0 Å². The molecule has 1 fully saturated rings. The van der Waals surface area contributed by atoms with Gasteiger partial charge in [-0.05, 0) is 32.6 Å². The first-order valence-corrected chi connectivity index (χ1v) is 5.24. The van der Waals surface area contributed by atoms with Gasteiger partial charge in [-0.1, -0.05) is 30.3 Å². The first-order valence-electron chi connectivity index (χ1n) is 5.24. The average Bonchev–Trinajstić information content (AvgIpc) is 2.67. The summed E-state index contributed by atoms with van der Waals surface area (Å²) in [6.07, 6.45) is 1.24. The van der Waals surface area contributed by atoms with Crippen LogP contribution in [0.25, 0.3) is 0 Å². The summed E-state index contributed by atoms with van der Waals surface area (Å²) in [5.41, 5.74) is 1.41. The number of hydrogen-bond acceptors (Lipinski definition) is 2. The third-order valence-corrected chi connectivity index (χ3v) is 3.01. The van der Waals surface area contributed by atoms with Gasteiger partial charge in [0.15, 0.2) is 0 Å². The zero-order valence-corrected chi connectivity index (χ0v) is 8.90. The van der Waals surface area contributed by atoms with Gasteiger partial charge >= 0.3 is 0 Å². The van der Waals surface area contributed by atoms with Crippen LogP contribution in [-0.4, -0.2) is 31.6 Å². The Morgan fingerprint density at radius 2 is 1.93 bits per heavy atom. The monoisotopic (exact) mass is 190 g/mol. The van der Waals surface area contributed by atoms with Crippen LogP contribution in [0.4, 0.5) is 0 Å². The first-order chi connectivity index (χ1) is 6.79. The molecule has 1 aliphatic heterocycles. The van der Waals surface area contributed by atoms with E-state index in [0.29, 0.717) is 12.1 Å². The van der Waals surface area contributed by atoms with Crippen LogP contribution in [0.3, 0.4) is 0 Å². The number of benzene rings is 1. The normalized spacial score (nSPS) is 27.1. The summed E-state index contributed by atoms with van der Waals surface area (Å²) in [4.78, 5) is 2.32. The van der Waals surface area contributed by atoms with Gasteiger partial charge < -0.3 is 10.2 Å². The molecular formula is C12H18N2. The van der Waals surface area contributed by atoms with E-state index in [9.17, 15) is 0 Å². The number of nitrogens with zero attached hydrogens (tertiary/aromatic N) is 1. The van der Waals surface area contributed by atoms with Gasteiger partial charge in [-0.25, -0.2) is 0 Å². The molecule has 76 valence electrons. The molecule has 1 N–H and O–H groups in total. The molecule has 1 aliphatic rings. The van der Waals surface area contributed by atoms with Crippen molar-refractivity contribution >= 4 is 0 Å². The number of nitrogens with one attached hydrogen (secondary N) is 1. The van der Waals surface area contributed by atoms with E-state index in [1.165, 1.54) is 12.0 Å². The van der Waals surface area contributed by atoms with Crippen molar-refractivity contribution in [2.75, 3.05) is 20.6 Å². The van der Waals surface area contributed by atoms with Crippen molar-refractivity contribution in [3.8, 4) is 0 Å². The van der Waals surface area contributed by atoms with Crippen molar-refractivity contribution in [3.05, 3.63) is 35.9 Å². The van der Waals surface area contributed by atoms with Gasteiger partial charge in [-0.15, -0.1) is 0 Å². The van der Waals surface area contributed by atoms with E-state index in [4.69, 9.17) is 0 Å². The van der Waals surface area contributed by atoms with Crippen LogP contribution in [0.2, 0.25) is 0 Å². The van der Waals surface area contributed by atoms with E-state index in [1.54, 1.807) is 0 Å². The summed E-state index contributed by atoms with van der Waals surface area (Å²) in [6.45, 7) is 1.13. The highest BCUT2D eigenvalue weighted by Crippen LogP contribution is 2.26. The van der Waals surface area contributed by atoms with Crippen molar-refractivity contribution in [1.82, 2.24) is 10.2 Å². The van der Waals surface area contributed by atoms with Crippen molar-refractivity contribution in [2.24, 2.45) is 0 Å². The Balaban J connectivity index is 2.18. The summed E-state index contributed by atoms with van der Waals surface area (Å²) >= 11 is 0. The minimum atomic E-state index is 0.506. The van der Waals surface area contributed by atoms with Crippen molar-refractivity contribution in [2.45, 2.75) is 18.5 Å². The molecule has 1 saturated heterocycles. The van der Waals surface area contributed by atoms with Gasteiger partial charge in [0.1, 0.15) is 0 Å². The minimum absolute atomic E-state index is 0.506. The fourth-order valence-electron chi connectivity index (χ4n) is 2.25. The molecule has 2 nitrogen and oxygen atoms in total. The fourth-order valence-corrected chi connectivity index (χ4v) is 2.25. The molecule has 0 radical (unpaired) electrons. The molecule has 14 heavy (non-hydrogen) atoms. The Labute approximate surface area is 85.9 Å². The van der Waals surface area contributed by atoms with E-state index < -0.39 is 0 Å². The second-order valence-electron chi connectivity index (χ2n) is 4.16. The number of likely N-dealkylation sites (N-methyl/N-ethyl adjacent to an activating group) is 1. The summed E-state index contributed by atoms with van der Waals surface area (Å²) in [5, 5.41) is 3.56. The molecule has 0 spiro atoms. The predicted octanol–water partition coefficient (Wildman–Crippen LogP) is 1.65. The molecule has 0 aliphatic carbocycles. The molecule has 2 heteroatoms. The molecule has 2 rings (SSSR count). The van der Waals surface area contributed by atoms with Gasteiger partial charge in [0, 0.05) is 12.1 Å². The zero-order valence-electron chi connectivity index (χ0n) is 8.90. The largest absolute Gasteiger partial charge is 0.309 e. The Hall–Kier alpha value is -0.860. The average molecular weight is 190 g/mol. The Morgan fingerprint density at radius 3 is 2.57 bits per heavy atom. The van der Waals surface area contributed by atoms with Crippen LogP contribution in [0.15, 0.2) is 30.3 Å². The summed E-state index contributed by atoms with van der Waals surface area (Å²) in [5.74, 6) is 0. The van der Waals surface area contributed by atoms with Crippen molar-refractivity contribution in [3.63, 3.8) is 0 Å². The quantitative estimate of drug-likeness (QED) is 0.763. The van der Waals surface area contributed by atoms with Gasteiger partial charge in [0.2, 0.25) is 0 Å². The second-order valence-corrected chi connectivity index (χ2v) is 4.16. The summed E-state index contributed by atoms with van der Waals surface area (Å²) < 4.78 is 0. The van der Waals surface area contributed by atoms with E-state index >= 15 is 0 Å². The van der Waals surface area contributed by atoms with Gasteiger partial charge in [0.05, 0.1) is 0 Å². The number of rotatable bonds is 2. The summed E-state index contributed by atoms with van der Waals surface area (Å²) in [6, 6.07) is 11.9. The molecule has 1 heterocycles. The molecule has 0 bridgehead atoms. The summed E-state index contributed by atoms with van der Waals surface area (Å²) in [7, 11) is 4.32. The molecule has 0 amide bonds. The maximum atomic E-state index is 3.56. The second kappa shape index (κ2) is 4.11. The van der Waals surface area contributed by atoms with Crippen LogP contribution in [0.1, 0.15) is 18.0 Å². The Bertz CT molecular complexity index is 282. The molecule has 0 aromatic heterocycles. The van der Waals surface area contributed by atoms with E-state index in [-0.39, 0.29) is 0 Å². The van der Waals surface area contributed by atoms with Gasteiger partial charge in [0.25, 0.3) is 0 Å². The minimum Gasteiger partial charge on any atom is -0.309 e. The first kappa shape index (κ1) is 9.69. The molecule has 2 atom stereocenters. The standard InChI is InChI=1S/C12H18N2/c1-14(2)11-8-9-13-12(11)10-6-4-3-5-7-10/h3-7,11-13H,8-9H2,1-2H3/t11-,12-/m0/s1. The van der Waals surface area contributed by atoms with Crippen LogP contribution in [-0.2, 0) is 0 Å². The van der Waals surface area contributed by atoms with Gasteiger partial charge in [-0.2, -0.15) is 0 Å². The van der Waals surface area contributed by atoms with E-state index in [2.05, 4.69) is 54.6 Å². The number of hydrogen-bond donors (Lipinski definition) is 1. The van der Waals surface area contributed by atoms with Gasteiger partial charge in [-0.3, -0.25) is 0 Å². The fraction of sp³-hybridized carbons (Fsp3) is 0.500. The lowest BCUT2D eigenvalue weighted by atomic mass is 10.0. The van der Waals surface area contributed by atoms with Crippen LogP contribution < -0.4 is 5.32 Å². The third-order valence-electron chi connectivity index (χ3n) is 3.01. The smallest absolute Gasteiger partial charge is 0.0478 e. The molecular weight excluding hydrogens is 172 g/mol. The zero-order chi connectivity index (χ0) is 9.97. The van der Waals surface area contributed by atoms with E-state index in [0.717, 1.165) is 6.54 Å². The highest BCUT2D eigenvalue weighted by molar-refractivity contribution is 5.21. The molecule has 1 aromatic rings. The van der Waals surface area contributed by atoms with E-state index in [1.807, 2.05) is 0 Å². The lowest BCUT2D eigenvalue weighted by Gasteiger charge is -2.26. The molecule has 0 unspecified atom stereocenters. The van der Waals surface area contributed by atoms with Crippen LogP contribution in [0, 0.1) is 0 Å². The Kier molecular flexibility index (Phi) is 2.85. The topological polar surface area (TPSA) is 15.3 Å². The van der Waals surface area contributed by atoms with Crippen LogP contribution in [0.5, 0.6) is 0 Å². The predicted molar refractivity (Wildman–Crippen MR) is 59.3 cm³/mol. The lowest BCUT2D eigenvalue weighted by molar-refractivity contribution is 0.270. The third kappa shape index (κ3) is 1.81. The highest BCUT2D eigenvalue weighted by Gasteiger charge is 2.29. The highest BCUT2D eigenvalue weighted by atomic mass is 15.2. The lowest BCUT2D eigenvalue weighted by Crippen LogP contribution is -2.33. The SMILES string of the molecule is CN(C)[C@H]1CCN[C@H]1c1ccccc1.